The van der Waals surface area contributed by atoms with E-state index in [1.54, 1.807) is 0 Å². The summed E-state index contributed by atoms with van der Waals surface area (Å²) in [6.07, 6.45) is 27.0. The molecule has 2 heteroatoms. The monoisotopic (exact) mass is 322 g/mol. The van der Waals surface area contributed by atoms with E-state index in [0.717, 1.165) is 12.2 Å². The second-order valence-electron chi connectivity index (χ2n) is 6.68. The van der Waals surface area contributed by atoms with Crippen LogP contribution in [0.2, 0.25) is 0 Å². The molecule has 0 aliphatic carbocycles. The van der Waals surface area contributed by atoms with E-state index >= 15 is 0 Å². The highest BCUT2D eigenvalue weighted by Crippen LogP contribution is 2.13. The summed E-state index contributed by atoms with van der Waals surface area (Å²) >= 11 is 0. The average molecular weight is 323 g/mol. The maximum Gasteiger partial charge on any atom is 0.0956 e. The summed E-state index contributed by atoms with van der Waals surface area (Å²) in [6, 6.07) is 0. The van der Waals surface area contributed by atoms with Gasteiger partial charge in [0.2, 0.25) is 0 Å². The third kappa shape index (κ3) is 19.0. The standard InChI is InChI=1S/C21H42N2/c1-3-5-6-7-8-9-10-11-12-13-14-15-16-17-18-19-20-23-21(22)4-2/h4,19-20,23H,3,5-18,22H2,1-2H3. The molecule has 2 nitrogen and oxygen atoms in total. The van der Waals surface area contributed by atoms with Gasteiger partial charge in [0.05, 0.1) is 5.82 Å². The summed E-state index contributed by atoms with van der Waals surface area (Å²) in [5.41, 5.74) is 5.64. The quantitative estimate of drug-likeness (QED) is 0.290. The van der Waals surface area contributed by atoms with Gasteiger partial charge in [-0.25, -0.2) is 0 Å². The van der Waals surface area contributed by atoms with E-state index in [0.29, 0.717) is 0 Å². The summed E-state index contributed by atoms with van der Waals surface area (Å²) < 4.78 is 0. The van der Waals surface area contributed by atoms with Crippen molar-refractivity contribution < 1.29 is 0 Å². The second-order valence-corrected chi connectivity index (χ2v) is 6.68. The van der Waals surface area contributed by atoms with Crippen molar-refractivity contribution in [2.24, 2.45) is 5.73 Å². The van der Waals surface area contributed by atoms with Crippen LogP contribution in [0.15, 0.2) is 24.2 Å². The summed E-state index contributed by atoms with van der Waals surface area (Å²) in [6.45, 7) is 4.22. The van der Waals surface area contributed by atoms with Crippen molar-refractivity contribution in [2.45, 2.75) is 110 Å². The number of allylic oxidation sites excluding steroid dienone is 2. The molecule has 0 aromatic rings. The minimum atomic E-state index is 0.724. The molecular weight excluding hydrogens is 280 g/mol. The number of unbranched alkanes of at least 4 members (excludes halogenated alkanes) is 14. The third-order valence-corrected chi connectivity index (χ3v) is 4.40. The molecule has 0 aliphatic heterocycles. The first-order valence-corrected chi connectivity index (χ1v) is 10.1. The number of rotatable bonds is 17. The molecule has 23 heavy (non-hydrogen) atoms. The van der Waals surface area contributed by atoms with E-state index < -0.39 is 0 Å². The lowest BCUT2D eigenvalue weighted by Crippen LogP contribution is -2.12. The van der Waals surface area contributed by atoms with Crippen LogP contribution >= 0.6 is 0 Å². The van der Waals surface area contributed by atoms with E-state index in [2.05, 4.69) is 18.3 Å². The molecule has 0 atom stereocenters. The Morgan fingerprint density at radius 2 is 1.17 bits per heavy atom. The fourth-order valence-electron chi connectivity index (χ4n) is 2.78. The van der Waals surface area contributed by atoms with Crippen molar-refractivity contribution in [3.05, 3.63) is 24.2 Å². The third-order valence-electron chi connectivity index (χ3n) is 4.40. The Hall–Kier alpha value is -0.920. The lowest BCUT2D eigenvalue weighted by molar-refractivity contribution is 0.536. The van der Waals surface area contributed by atoms with Crippen molar-refractivity contribution in [2.75, 3.05) is 0 Å². The number of hydrogen-bond donors (Lipinski definition) is 2. The van der Waals surface area contributed by atoms with E-state index in [1.807, 2.05) is 19.2 Å². The molecule has 0 saturated heterocycles. The van der Waals surface area contributed by atoms with Crippen molar-refractivity contribution in [1.29, 1.82) is 0 Å². The van der Waals surface area contributed by atoms with Gasteiger partial charge < -0.3 is 11.1 Å². The Morgan fingerprint density at radius 3 is 1.61 bits per heavy atom. The van der Waals surface area contributed by atoms with E-state index in [-0.39, 0.29) is 0 Å². The highest BCUT2D eigenvalue weighted by atomic mass is 15.0. The topological polar surface area (TPSA) is 38.0 Å². The molecular formula is C21H42N2. The van der Waals surface area contributed by atoms with E-state index in [1.165, 1.54) is 89.9 Å². The fourth-order valence-corrected chi connectivity index (χ4v) is 2.78. The van der Waals surface area contributed by atoms with Crippen LogP contribution in [0.4, 0.5) is 0 Å². The second kappa shape index (κ2) is 19.1. The summed E-state index contributed by atoms with van der Waals surface area (Å²) in [4.78, 5) is 0. The van der Waals surface area contributed by atoms with Crippen LogP contribution in [-0.2, 0) is 0 Å². The van der Waals surface area contributed by atoms with E-state index in [9.17, 15) is 0 Å². The van der Waals surface area contributed by atoms with Gasteiger partial charge in [0.1, 0.15) is 0 Å². The largest absolute Gasteiger partial charge is 0.386 e. The van der Waals surface area contributed by atoms with Crippen molar-refractivity contribution in [3.63, 3.8) is 0 Å². The molecule has 0 aromatic heterocycles. The molecule has 0 heterocycles. The highest BCUT2D eigenvalue weighted by molar-refractivity contribution is 4.96. The Balaban J connectivity index is 3.08. The van der Waals surface area contributed by atoms with E-state index in [4.69, 9.17) is 5.73 Å². The molecule has 3 N–H and O–H groups in total. The predicted octanol–water partition coefficient (Wildman–Crippen LogP) is 6.78. The Bertz CT molecular complexity index is 282. The number of nitrogens with two attached hydrogens (primary N) is 1. The van der Waals surface area contributed by atoms with Crippen molar-refractivity contribution in [1.82, 2.24) is 5.32 Å². The van der Waals surface area contributed by atoms with Gasteiger partial charge in [-0.05, 0) is 32.0 Å². The molecule has 0 spiro atoms. The van der Waals surface area contributed by atoms with Gasteiger partial charge in [0.15, 0.2) is 0 Å². The first kappa shape index (κ1) is 22.1. The van der Waals surface area contributed by atoms with Gasteiger partial charge >= 0.3 is 0 Å². The average Bonchev–Trinajstić information content (AvgIpc) is 2.57. The minimum Gasteiger partial charge on any atom is -0.386 e. The summed E-state index contributed by atoms with van der Waals surface area (Å²) in [5.74, 6) is 0.724. The zero-order valence-corrected chi connectivity index (χ0v) is 15.9. The Labute approximate surface area is 146 Å². The molecule has 0 fully saturated rings. The lowest BCUT2D eigenvalue weighted by Gasteiger charge is -2.03. The van der Waals surface area contributed by atoms with Gasteiger partial charge in [0.25, 0.3) is 0 Å². The number of nitrogens with one attached hydrogen (secondary N) is 1. The molecule has 0 radical (unpaired) electrons. The normalized spacial score (nSPS) is 12.2. The lowest BCUT2D eigenvalue weighted by atomic mass is 10.0. The van der Waals surface area contributed by atoms with Gasteiger partial charge in [-0.15, -0.1) is 0 Å². The first-order chi connectivity index (χ1) is 11.3. The fraction of sp³-hybridized carbons (Fsp3) is 0.810. The predicted molar refractivity (Wildman–Crippen MR) is 105 cm³/mol. The van der Waals surface area contributed by atoms with Crippen molar-refractivity contribution in [3.8, 4) is 0 Å². The Morgan fingerprint density at radius 1 is 0.739 bits per heavy atom. The SMILES string of the molecule is CC=C(N)NC=CCCCCCCCCCCCCCCCC. The molecule has 0 bridgehead atoms. The van der Waals surface area contributed by atoms with Crippen molar-refractivity contribution >= 4 is 0 Å². The zero-order chi connectivity index (χ0) is 17.0. The zero-order valence-electron chi connectivity index (χ0n) is 15.9. The molecule has 0 rings (SSSR count). The summed E-state index contributed by atoms with van der Waals surface area (Å²) in [7, 11) is 0. The number of hydrogen-bond acceptors (Lipinski definition) is 2. The van der Waals surface area contributed by atoms with Crippen LogP contribution in [0.3, 0.4) is 0 Å². The van der Waals surface area contributed by atoms with Crippen LogP contribution < -0.4 is 11.1 Å². The highest BCUT2D eigenvalue weighted by Gasteiger charge is 1.93. The molecule has 0 saturated carbocycles. The smallest absolute Gasteiger partial charge is 0.0956 e. The van der Waals surface area contributed by atoms with Crippen LogP contribution in [-0.4, -0.2) is 0 Å². The molecule has 0 unspecified atom stereocenters. The van der Waals surface area contributed by atoms with Crippen LogP contribution in [0.5, 0.6) is 0 Å². The maximum absolute atomic E-state index is 5.64. The van der Waals surface area contributed by atoms with Crippen LogP contribution in [0, 0.1) is 0 Å². The molecule has 0 aromatic carbocycles. The van der Waals surface area contributed by atoms with Gasteiger partial charge in [-0.3, -0.25) is 0 Å². The molecule has 0 aliphatic rings. The minimum absolute atomic E-state index is 0.724. The molecule has 0 amide bonds. The maximum atomic E-state index is 5.64. The Kier molecular flexibility index (Phi) is 18.4. The van der Waals surface area contributed by atoms with Gasteiger partial charge in [-0.1, -0.05) is 96.5 Å². The first-order valence-electron chi connectivity index (χ1n) is 10.1. The molecule has 136 valence electrons. The summed E-state index contributed by atoms with van der Waals surface area (Å²) in [5, 5.41) is 3.04. The van der Waals surface area contributed by atoms with Gasteiger partial charge in [-0.2, -0.15) is 0 Å². The van der Waals surface area contributed by atoms with Crippen LogP contribution in [0.25, 0.3) is 0 Å². The van der Waals surface area contributed by atoms with Gasteiger partial charge in [0, 0.05) is 0 Å². The van der Waals surface area contributed by atoms with Crippen LogP contribution in [0.1, 0.15) is 110 Å².